The van der Waals surface area contributed by atoms with Gasteiger partial charge in [0.05, 0.1) is 13.7 Å². The van der Waals surface area contributed by atoms with Gasteiger partial charge in [-0.25, -0.2) is 0 Å². The minimum absolute atomic E-state index is 0.0332. The molecule has 0 saturated carbocycles. The molecule has 33 heavy (non-hydrogen) atoms. The Balaban J connectivity index is 1.51. The van der Waals surface area contributed by atoms with E-state index in [0.29, 0.717) is 36.3 Å². The maximum absolute atomic E-state index is 12.9. The number of carbonyl (C=O) groups is 2. The summed E-state index contributed by atoms with van der Waals surface area (Å²) < 4.78 is 10.8. The van der Waals surface area contributed by atoms with Crippen LogP contribution < -0.4 is 14.8 Å². The van der Waals surface area contributed by atoms with E-state index in [-0.39, 0.29) is 17.1 Å². The fourth-order valence-electron chi connectivity index (χ4n) is 3.34. The molecule has 5 heteroatoms. The average molecular weight is 446 g/mol. The van der Waals surface area contributed by atoms with E-state index in [1.165, 1.54) is 5.56 Å². The molecular weight excluding hydrogens is 414 g/mol. The molecule has 3 rings (SSSR count). The molecule has 0 aliphatic rings. The fourth-order valence-corrected chi connectivity index (χ4v) is 3.34. The number of amides is 1. The van der Waals surface area contributed by atoms with E-state index in [4.69, 9.17) is 9.47 Å². The molecule has 172 valence electrons. The highest BCUT2D eigenvalue weighted by Crippen LogP contribution is 2.23. The minimum atomic E-state index is -0.118. The third kappa shape index (κ3) is 6.94. The van der Waals surface area contributed by atoms with Crippen molar-refractivity contribution < 1.29 is 19.1 Å². The van der Waals surface area contributed by atoms with Crippen LogP contribution in [0.25, 0.3) is 0 Å². The molecule has 3 aromatic rings. The number of rotatable bonds is 9. The second kappa shape index (κ2) is 10.8. The van der Waals surface area contributed by atoms with Crippen LogP contribution in [0, 0.1) is 0 Å². The molecule has 0 radical (unpaired) electrons. The Hall–Kier alpha value is -3.60. The zero-order valence-electron chi connectivity index (χ0n) is 19.7. The van der Waals surface area contributed by atoms with E-state index in [9.17, 15) is 9.59 Å². The average Bonchev–Trinajstić information content (AvgIpc) is 2.81. The van der Waals surface area contributed by atoms with Crippen LogP contribution in [-0.2, 0) is 10.2 Å². The van der Waals surface area contributed by atoms with Gasteiger partial charge in [-0.1, -0.05) is 57.2 Å². The number of ketones is 1. The number of hydrogen-bond donors (Lipinski definition) is 1. The van der Waals surface area contributed by atoms with E-state index in [1.807, 2.05) is 48.5 Å². The highest BCUT2D eigenvalue weighted by Gasteiger charge is 2.15. The summed E-state index contributed by atoms with van der Waals surface area (Å²) in [4.78, 5) is 25.2. The van der Waals surface area contributed by atoms with Crippen molar-refractivity contribution in [3.8, 4) is 11.5 Å². The van der Waals surface area contributed by atoms with Crippen LogP contribution in [0.2, 0.25) is 0 Å². The van der Waals surface area contributed by atoms with Crippen LogP contribution in [0.15, 0.2) is 72.8 Å². The lowest BCUT2D eigenvalue weighted by atomic mass is 9.86. The molecule has 0 fully saturated rings. The summed E-state index contributed by atoms with van der Waals surface area (Å²) in [7, 11) is 1.62. The van der Waals surface area contributed by atoms with Gasteiger partial charge in [-0.2, -0.15) is 0 Å². The van der Waals surface area contributed by atoms with Gasteiger partial charge in [-0.15, -0.1) is 0 Å². The quantitative estimate of drug-likeness (QED) is 0.323. The second-order valence-corrected chi connectivity index (χ2v) is 8.91. The third-order valence-corrected chi connectivity index (χ3v) is 5.30. The van der Waals surface area contributed by atoms with E-state index < -0.39 is 0 Å². The zero-order chi connectivity index (χ0) is 23.8. The number of hydrogen-bond acceptors (Lipinski definition) is 4. The Morgan fingerprint density at radius 2 is 1.52 bits per heavy atom. The molecule has 0 bridgehead atoms. The number of anilines is 1. The van der Waals surface area contributed by atoms with Gasteiger partial charge in [0.15, 0.2) is 5.78 Å². The van der Waals surface area contributed by atoms with E-state index in [0.717, 1.165) is 11.5 Å². The topological polar surface area (TPSA) is 64.6 Å². The Morgan fingerprint density at radius 1 is 0.848 bits per heavy atom. The summed E-state index contributed by atoms with van der Waals surface area (Å²) in [6.07, 6.45) is 0.902. The first-order valence-corrected chi connectivity index (χ1v) is 11.1. The summed E-state index contributed by atoms with van der Waals surface area (Å²) in [5, 5.41) is 2.87. The minimum Gasteiger partial charge on any atom is -0.497 e. The molecule has 0 atom stereocenters. The van der Waals surface area contributed by atoms with E-state index in [2.05, 4.69) is 26.1 Å². The van der Waals surface area contributed by atoms with Crippen LogP contribution >= 0.6 is 0 Å². The monoisotopic (exact) mass is 445 g/mol. The van der Waals surface area contributed by atoms with Crippen LogP contribution in [-0.4, -0.2) is 25.4 Å². The van der Waals surface area contributed by atoms with Crippen LogP contribution in [0.1, 0.15) is 55.1 Å². The molecule has 3 aromatic carbocycles. The molecule has 0 saturated heterocycles. The number of carbonyl (C=O) groups excluding carboxylic acids is 2. The normalized spacial score (nSPS) is 11.0. The van der Waals surface area contributed by atoms with Crippen molar-refractivity contribution in [1.29, 1.82) is 0 Å². The number of ether oxygens (including phenoxy) is 2. The van der Waals surface area contributed by atoms with Crippen molar-refractivity contribution in [2.45, 2.75) is 39.0 Å². The van der Waals surface area contributed by atoms with Crippen LogP contribution in [0.3, 0.4) is 0 Å². The standard InChI is InChI=1S/C28H31NO4/c1-28(2,3)22-12-10-20(11-13-22)27(31)21-7-5-8-23(19-21)29-26(30)9-6-18-33-25-16-14-24(32-4)15-17-25/h5,7-8,10-17,19H,6,9,18H2,1-4H3,(H,29,30). The molecule has 0 spiro atoms. The lowest BCUT2D eigenvalue weighted by Gasteiger charge is -2.19. The summed E-state index contributed by atoms with van der Waals surface area (Å²) in [6, 6.07) is 22.1. The van der Waals surface area contributed by atoms with Crippen molar-refractivity contribution in [1.82, 2.24) is 0 Å². The Morgan fingerprint density at radius 3 is 2.15 bits per heavy atom. The summed E-state index contributed by atoms with van der Waals surface area (Å²) in [5.41, 5.74) is 2.98. The Kier molecular flexibility index (Phi) is 7.88. The molecule has 5 nitrogen and oxygen atoms in total. The summed E-state index contributed by atoms with van der Waals surface area (Å²) in [6.45, 7) is 6.85. The van der Waals surface area contributed by atoms with Gasteiger partial charge in [0.25, 0.3) is 0 Å². The van der Waals surface area contributed by atoms with Crippen molar-refractivity contribution >= 4 is 17.4 Å². The summed E-state index contributed by atoms with van der Waals surface area (Å²) in [5.74, 6) is 1.31. The second-order valence-electron chi connectivity index (χ2n) is 8.91. The first-order valence-electron chi connectivity index (χ1n) is 11.1. The molecule has 0 aliphatic heterocycles. The first kappa shape index (κ1) is 24.1. The smallest absolute Gasteiger partial charge is 0.224 e. The van der Waals surface area contributed by atoms with E-state index in [1.54, 1.807) is 31.4 Å². The van der Waals surface area contributed by atoms with Gasteiger partial charge < -0.3 is 14.8 Å². The molecule has 0 aliphatic carbocycles. The Bertz CT molecular complexity index is 1080. The third-order valence-electron chi connectivity index (χ3n) is 5.30. The van der Waals surface area contributed by atoms with Crippen molar-refractivity contribution in [3.63, 3.8) is 0 Å². The summed E-state index contributed by atoms with van der Waals surface area (Å²) >= 11 is 0. The molecular formula is C28H31NO4. The highest BCUT2D eigenvalue weighted by atomic mass is 16.5. The van der Waals surface area contributed by atoms with Gasteiger partial charge >= 0.3 is 0 Å². The number of nitrogens with one attached hydrogen (secondary N) is 1. The van der Waals surface area contributed by atoms with Crippen molar-refractivity contribution in [2.75, 3.05) is 19.0 Å². The maximum atomic E-state index is 12.9. The molecule has 1 amide bonds. The first-order chi connectivity index (χ1) is 15.8. The molecule has 0 unspecified atom stereocenters. The predicted octanol–water partition coefficient (Wildman–Crippen LogP) is 6.02. The fraction of sp³-hybridized carbons (Fsp3) is 0.286. The van der Waals surface area contributed by atoms with Gasteiger partial charge in [-0.05, 0) is 53.8 Å². The maximum Gasteiger partial charge on any atom is 0.224 e. The van der Waals surface area contributed by atoms with Gasteiger partial charge in [0, 0.05) is 23.2 Å². The van der Waals surface area contributed by atoms with Crippen LogP contribution in [0.4, 0.5) is 5.69 Å². The number of methoxy groups -OCH3 is 1. The van der Waals surface area contributed by atoms with Gasteiger partial charge in [0.2, 0.25) is 5.91 Å². The molecule has 0 aromatic heterocycles. The van der Waals surface area contributed by atoms with Crippen molar-refractivity contribution in [2.24, 2.45) is 0 Å². The Labute approximate surface area is 195 Å². The largest absolute Gasteiger partial charge is 0.497 e. The van der Waals surface area contributed by atoms with Gasteiger partial charge in [0.1, 0.15) is 11.5 Å². The lowest BCUT2D eigenvalue weighted by molar-refractivity contribution is -0.116. The number of benzene rings is 3. The zero-order valence-corrected chi connectivity index (χ0v) is 19.7. The van der Waals surface area contributed by atoms with Gasteiger partial charge in [-0.3, -0.25) is 9.59 Å². The SMILES string of the molecule is COc1ccc(OCCCC(=O)Nc2cccc(C(=O)c3ccc(C(C)(C)C)cc3)c2)cc1. The highest BCUT2D eigenvalue weighted by molar-refractivity contribution is 6.09. The van der Waals surface area contributed by atoms with Crippen molar-refractivity contribution in [3.05, 3.63) is 89.5 Å². The molecule has 1 N–H and O–H groups in total. The lowest BCUT2D eigenvalue weighted by Crippen LogP contribution is -2.13. The van der Waals surface area contributed by atoms with Crippen LogP contribution in [0.5, 0.6) is 11.5 Å². The van der Waals surface area contributed by atoms with E-state index >= 15 is 0 Å². The molecule has 0 heterocycles. The predicted molar refractivity (Wildman–Crippen MR) is 131 cm³/mol.